The average molecular weight is 1140 g/mol. The molecule has 1 N–H and O–H groups in total. The number of aromatic hydroxyl groups is 1. The molecular weight excluding hydrogens is 1030 g/mol. The highest BCUT2D eigenvalue weighted by Crippen LogP contribution is 2.33. The molecule has 0 saturated heterocycles. The topological polar surface area (TPSA) is 70.1 Å². The van der Waals surface area contributed by atoms with Crippen LogP contribution < -0.4 is 4.74 Å². The fraction of sp³-hybridized carbons (Fsp3) is 0.686. The summed E-state index contributed by atoms with van der Waals surface area (Å²) in [5.41, 5.74) is 5.15. The smallest absolute Gasteiger partial charge is 0.311 e. The Bertz CT molecular complexity index is 2110. The van der Waals surface area contributed by atoms with Crippen LogP contribution in [-0.4, -0.2) is 64.4 Å². The van der Waals surface area contributed by atoms with Gasteiger partial charge in [-0.25, -0.2) is 0 Å². The van der Waals surface area contributed by atoms with Gasteiger partial charge in [-0.1, -0.05) is 218 Å². The summed E-state index contributed by atoms with van der Waals surface area (Å²) < 4.78 is 5.91. The summed E-state index contributed by atoms with van der Waals surface area (Å²) in [4.78, 5) is 31.4. The van der Waals surface area contributed by atoms with Crippen molar-refractivity contribution in [3.63, 3.8) is 0 Å². The Labute approximate surface area is 496 Å². The van der Waals surface area contributed by atoms with Gasteiger partial charge in [0.1, 0.15) is 11.5 Å². The van der Waals surface area contributed by atoms with E-state index in [4.69, 9.17) is 16.3 Å². The SMILES string of the molecule is CCCCCCCCCCCCCCCC(=O)Cl.CCCCCCCCCCCCCCCC(=O)Oc1cccc2c1CC[C@H](N(CCC)CCc1cccs1)C2.CCCN(CCc1cccs1)[C@H]1CCc2c(O)cccc2C1. The zero-order valence-electron chi connectivity index (χ0n) is 50.5. The quantitative estimate of drug-likeness (QED) is 0.0207. The number of esters is 1. The molecule has 2 aromatic heterocycles. The van der Waals surface area contributed by atoms with Gasteiger partial charge in [0.05, 0.1) is 0 Å². The monoisotopic (exact) mass is 1140 g/mol. The van der Waals surface area contributed by atoms with E-state index in [2.05, 4.69) is 90.7 Å². The molecule has 0 radical (unpaired) electrons. The van der Waals surface area contributed by atoms with E-state index in [1.54, 1.807) is 0 Å². The molecule has 0 unspecified atom stereocenters. The zero-order valence-corrected chi connectivity index (χ0v) is 52.9. The number of unbranched alkanes of at least 4 members (excludes halogenated alkanes) is 24. The maximum Gasteiger partial charge on any atom is 0.311 e. The molecule has 79 heavy (non-hydrogen) atoms. The fourth-order valence-corrected chi connectivity index (χ4v) is 13.5. The number of phenolic OH excluding ortho intramolecular Hbond substituents is 1. The van der Waals surface area contributed by atoms with Crippen LogP contribution in [0.3, 0.4) is 0 Å². The van der Waals surface area contributed by atoms with Gasteiger partial charge in [0.2, 0.25) is 5.24 Å². The molecule has 2 atom stereocenters. The Morgan fingerprint density at radius 1 is 0.494 bits per heavy atom. The summed E-state index contributed by atoms with van der Waals surface area (Å²) in [7, 11) is 0. The third-order valence-corrected chi connectivity index (χ3v) is 18.6. The largest absolute Gasteiger partial charge is 0.508 e. The Hall–Kier alpha value is -3.01. The van der Waals surface area contributed by atoms with Gasteiger partial charge in [-0.3, -0.25) is 19.4 Å². The standard InChI is InChI=1S/C35H55NO2S.C19H25NOS.C16H31ClO/c1-3-5-6-7-8-9-10-11-12-13-14-15-16-22-35(37)38-34-21-17-19-30-29-31(23-24-33(30)34)36(26-4-2)27-25-32-20-18-28-39-32;1-2-11-20(12-10-17-6-4-13-22-17)16-8-9-18-15(14-16)5-3-7-19(18)21;1-2-3-4-5-6-7-8-9-10-11-12-13-14-15-16(17)18/h17-21,28,31H,3-16,22-27,29H2,1-2H3;3-7,13,16,21H,2,8-12,14H2,1H3;2-15H2,1H3/t31-;16-;/m00./s1. The van der Waals surface area contributed by atoms with E-state index < -0.39 is 0 Å². The van der Waals surface area contributed by atoms with Gasteiger partial charge in [0, 0.05) is 47.8 Å². The van der Waals surface area contributed by atoms with Crippen LogP contribution in [0.4, 0.5) is 0 Å². The minimum absolute atomic E-state index is 0.0582. The first-order chi connectivity index (χ1) is 38.8. The molecule has 4 aromatic rings. The molecule has 0 spiro atoms. The van der Waals surface area contributed by atoms with Crippen molar-refractivity contribution < 1.29 is 19.4 Å². The Kier molecular flexibility index (Phi) is 38.6. The second-order valence-corrected chi connectivity index (χ2v) is 25.6. The highest BCUT2D eigenvalue weighted by molar-refractivity contribution is 7.10. The van der Waals surface area contributed by atoms with Gasteiger partial charge in [-0.2, -0.15) is 0 Å². The van der Waals surface area contributed by atoms with Gasteiger partial charge in [-0.15, -0.1) is 22.7 Å². The van der Waals surface area contributed by atoms with Crippen LogP contribution in [0.15, 0.2) is 71.4 Å². The molecule has 6 nitrogen and oxygen atoms in total. The summed E-state index contributed by atoms with van der Waals surface area (Å²) >= 11 is 9.01. The lowest BCUT2D eigenvalue weighted by Crippen LogP contribution is -2.41. The normalized spacial score (nSPS) is 14.8. The number of nitrogens with zero attached hydrogens (tertiary/aromatic N) is 2. The number of halogens is 1. The summed E-state index contributed by atoms with van der Waals surface area (Å²) in [6, 6.07) is 22.3. The van der Waals surface area contributed by atoms with Crippen molar-refractivity contribution >= 4 is 45.5 Å². The molecule has 0 bridgehead atoms. The van der Waals surface area contributed by atoms with E-state index in [1.165, 1.54) is 193 Å². The lowest BCUT2D eigenvalue weighted by Gasteiger charge is -2.35. The number of hydrogen-bond donors (Lipinski definition) is 1. The molecule has 2 aromatic carbocycles. The molecule has 2 aliphatic carbocycles. The van der Waals surface area contributed by atoms with Crippen molar-refractivity contribution in [3.8, 4) is 11.5 Å². The number of thiophene rings is 2. The molecule has 2 aliphatic rings. The number of benzene rings is 2. The summed E-state index contributed by atoms with van der Waals surface area (Å²) in [6.45, 7) is 13.7. The minimum Gasteiger partial charge on any atom is -0.508 e. The minimum atomic E-state index is -0.182. The second-order valence-electron chi connectivity index (χ2n) is 23.1. The fourth-order valence-electron chi connectivity index (χ4n) is 11.9. The molecule has 0 saturated carbocycles. The van der Waals surface area contributed by atoms with E-state index >= 15 is 0 Å². The number of carbonyl (C=O) groups is 2. The van der Waals surface area contributed by atoms with Crippen molar-refractivity contribution in [2.45, 2.75) is 284 Å². The Morgan fingerprint density at radius 3 is 1.32 bits per heavy atom. The maximum absolute atomic E-state index is 12.6. The molecule has 0 fully saturated rings. The van der Waals surface area contributed by atoms with E-state index in [9.17, 15) is 14.7 Å². The first-order valence-corrected chi connectivity index (χ1v) is 34.7. The van der Waals surface area contributed by atoms with Crippen molar-refractivity contribution in [1.29, 1.82) is 0 Å². The van der Waals surface area contributed by atoms with Crippen LogP contribution in [-0.2, 0) is 48.1 Å². The molecule has 0 aliphatic heterocycles. The molecule has 6 rings (SSSR count). The predicted octanol–water partition coefficient (Wildman–Crippen LogP) is 20.4. The van der Waals surface area contributed by atoms with Gasteiger partial charge < -0.3 is 9.84 Å². The average Bonchev–Trinajstić information content (AvgIpc) is 4.21. The van der Waals surface area contributed by atoms with Gasteiger partial charge in [0.25, 0.3) is 0 Å². The van der Waals surface area contributed by atoms with Crippen LogP contribution >= 0.6 is 34.3 Å². The Balaban J connectivity index is 0.000000283. The van der Waals surface area contributed by atoms with Crippen molar-refractivity contribution in [1.82, 2.24) is 9.80 Å². The van der Waals surface area contributed by atoms with Gasteiger partial charge >= 0.3 is 5.97 Å². The summed E-state index contributed by atoms with van der Waals surface area (Å²) in [5, 5.41) is 14.2. The number of phenols is 1. The Morgan fingerprint density at radius 2 is 0.899 bits per heavy atom. The highest BCUT2D eigenvalue weighted by Gasteiger charge is 2.27. The van der Waals surface area contributed by atoms with Crippen LogP contribution in [0.1, 0.15) is 265 Å². The number of carbonyl (C=O) groups excluding carboxylic acids is 2. The number of hydrogen-bond acceptors (Lipinski definition) is 8. The summed E-state index contributed by atoms with van der Waals surface area (Å²) in [6.07, 6.45) is 46.7. The van der Waals surface area contributed by atoms with Gasteiger partial charge in [0.15, 0.2) is 0 Å². The van der Waals surface area contributed by atoms with Crippen LogP contribution in [0, 0.1) is 0 Å². The lowest BCUT2D eigenvalue weighted by atomic mass is 9.86. The maximum atomic E-state index is 12.6. The van der Waals surface area contributed by atoms with Crippen LogP contribution in [0.5, 0.6) is 11.5 Å². The third-order valence-electron chi connectivity index (χ3n) is 16.5. The molecule has 444 valence electrons. The van der Waals surface area contributed by atoms with Crippen molar-refractivity contribution in [2.24, 2.45) is 0 Å². The first-order valence-electron chi connectivity index (χ1n) is 32.6. The predicted molar refractivity (Wildman–Crippen MR) is 343 cm³/mol. The van der Waals surface area contributed by atoms with Gasteiger partial charge in [-0.05, 0) is 159 Å². The van der Waals surface area contributed by atoms with E-state index in [1.807, 2.05) is 40.9 Å². The first kappa shape index (κ1) is 68.5. The number of fused-ring (bicyclic) bond motifs is 2. The second kappa shape index (κ2) is 44.6. The molecule has 0 amide bonds. The third kappa shape index (κ3) is 30.2. The van der Waals surface area contributed by atoms with Crippen molar-refractivity contribution in [3.05, 3.63) is 103 Å². The van der Waals surface area contributed by atoms with Crippen LogP contribution in [0.2, 0.25) is 0 Å². The molecule has 2 heterocycles. The van der Waals surface area contributed by atoms with E-state index in [0.29, 0.717) is 30.7 Å². The van der Waals surface area contributed by atoms with E-state index in [0.717, 1.165) is 102 Å². The van der Waals surface area contributed by atoms with E-state index in [-0.39, 0.29) is 11.2 Å². The zero-order chi connectivity index (χ0) is 56.4. The highest BCUT2D eigenvalue weighted by atomic mass is 35.5. The van der Waals surface area contributed by atoms with Crippen molar-refractivity contribution in [2.75, 3.05) is 26.2 Å². The van der Waals surface area contributed by atoms with Crippen LogP contribution in [0.25, 0.3) is 0 Å². The summed E-state index contributed by atoms with van der Waals surface area (Å²) in [5.74, 6) is 1.24. The lowest BCUT2D eigenvalue weighted by molar-refractivity contribution is -0.134. The molecule has 9 heteroatoms. The molecular formula is C70H111ClN2O4S2. The number of ether oxygens (including phenoxy) is 1. The number of rotatable bonds is 41.